The molecule has 2 aromatic rings. The van der Waals surface area contributed by atoms with Gasteiger partial charge in [0.2, 0.25) is 5.91 Å². The van der Waals surface area contributed by atoms with E-state index in [1.54, 1.807) is 44.8 Å². The first kappa shape index (κ1) is 32.4. The third-order valence-electron chi connectivity index (χ3n) is 6.81. The van der Waals surface area contributed by atoms with E-state index >= 15 is 0 Å². The van der Waals surface area contributed by atoms with Gasteiger partial charge in [0.15, 0.2) is 11.9 Å². The summed E-state index contributed by atoms with van der Waals surface area (Å²) in [5, 5.41) is 0. The number of allylic oxidation sites excluding steroid dienone is 1. The van der Waals surface area contributed by atoms with Crippen LogP contribution in [-0.4, -0.2) is 82.1 Å². The Balaban J connectivity index is 1.73. The van der Waals surface area contributed by atoms with E-state index in [0.717, 1.165) is 35.6 Å². The van der Waals surface area contributed by atoms with E-state index in [0.29, 0.717) is 18.4 Å². The number of likely N-dealkylation sites (N-methyl/N-ethyl adjacent to an activating group) is 1. The predicted molar refractivity (Wildman–Crippen MR) is 161 cm³/mol. The lowest BCUT2D eigenvalue weighted by Gasteiger charge is -2.19. The fraction of sp³-hybridized carbons (Fsp3) is 0.516. The van der Waals surface area contributed by atoms with Crippen LogP contribution in [0.1, 0.15) is 57.0 Å². The highest BCUT2D eigenvalue weighted by Crippen LogP contribution is 2.31. The fourth-order valence-electron chi connectivity index (χ4n) is 4.31. The van der Waals surface area contributed by atoms with Gasteiger partial charge < -0.3 is 19.1 Å². The van der Waals surface area contributed by atoms with Crippen LogP contribution in [0.15, 0.2) is 46.6 Å². The number of fused-ring (bicyclic) bond motifs is 1. The summed E-state index contributed by atoms with van der Waals surface area (Å²) in [6, 6.07) is 3.33. The molecule has 1 aliphatic heterocycles. The van der Waals surface area contributed by atoms with Crippen LogP contribution in [-0.2, 0) is 40.1 Å². The molecule has 0 N–H and O–H groups in total. The molecule has 1 aliphatic rings. The van der Waals surface area contributed by atoms with Crippen LogP contribution in [0, 0.1) is 5.41 Å². The van der Waals surface area contributed by atoms with Crippen LogP contribution in [0.3, 0.4) is 0 Å². The first-order valence-corrected chi connectivity index (χ1v) is 14.1. The van der Waals surface area contributed by atoms with Gasteiger partial charge in [0.25, 0.3) is 5.56 Å². The van der Waals surface area contributed by atoms with Gasteiger partial charge in [0.1, 0.15) is 12.0 Å². The summed E-state index contributed by atoms with van der Waals surface area (Å²) in [7, 11) is 6.33. The highest BCUT2D eigenvalue weighted by atomic mass is 16.6. The first-order chi connectivity index (χ1) is 19.7. The molecule has 3 rings (SSSR count). The van der Waals surface area contributed by atoms with Gasteiger partial charge in [-0.1, -0.05) is 32.9 Å². The molecule has 0 spiro atoms. The molecule has 1 atom stereocenters. The second-order valence-electron chi connectivity index (χ2n) is 12.1. The van der Waals surface area contributed by atoms with Gasteiger partial charge in [-0.3, -0.25) is 19.4 Å². The van der Waals surface area contributed by atoms with Crippen molar-refractivity contribution < 1.29 is 19.1 Å². The van der Waals surface area contributed by atoms with Crippen molar-refractivity contribution in [2.24, 2.45) is 10.4 Å². The SMILES string of the molecule is CN(C)C(=O)/C=C/CC[C@H](OC(=O)N(C)C)C(=O)Cc1cccn(CC2=Nc3c(CCC(C)(C)C)ncnc3C2)c1=O. The van der Waals surface area contributed by atoms with Crippen molar-refractivity contribution in [2.45, 2.75) is 71.9 Å². The molecule has 0 radical (unpaired) electrons. The zero-order valence-corrected chi connectivity index (χ0v) is 25.7. The number of carbonyl (C=O) groups is 3. The Kier molecular flexibility index (Phi) is 10.9. The minimum absolute atomic E-state index is 0.166. The Morgan fingerprint density at radius 3 is 2.52 bits per heavy atom. The maximum atomic E-state index is 13.4. The molecule has 0 fully saturated rings. The van der Waals surface area contributed by atoms with Crippen molar-refractivity contribution in [3.8, 4) is 0 Å². The highest BCUT2D eigenvalue weighted by molar-refractivity contribution is 5.93. The van der Waals surface area contributed by atoms with Crippen molar-refractivity contribution in [3.05, 3.63) is 64.1 Å². The van der Waals surface area contributed by atoms with Crippen molar-refractivity contribution in [2.75, 3.05) is 28.2 Å². The number of aryl methyl sites for hydroxylation is 1. The third-order valence-corrected chi connectivity index (χ3v) is 6.81. The Hall–Kier alpha value is -4.15. The van der Waals surface area contributed by atoms with E-state index in [4.69, 9.17) is 9.73 Å². The molecular weight excluding hydrogens is 536 g/mol. The largest absolute Gasteiger partial charge is 0.438 e. The monoisotopic (exact) mass is 578 g/mol. The second-order valence-corrected chi connectivity index (χ2v) is 12.1. The lowest BCUT2D eigenvalue weighted by atomic mass is 9.89. The van der Waals surface area contributed by atoms with Crippen molar-refractivity contribution in [3.63, 3.8) is 0 Å². The minimum Gasteiger partial charge on any atom is -0.438 e. The van der Waals surface area contributed by atoms with E-state index in [-0.39, 0.29) is 36.3 Å². The summed E-state index contributed by atoms with van der Waals surface area (Å²) >= 11 is 0. The number of pyridine rings is 1. The molecule has 226 valence electrons. The summed E-state index contributed by atoms with van der Waals surface area (Å²) < 4.78 is 6.97. The third kappa shape index (κ3) is 9.19. The number of ketones is 1. The van der Waals surface area contributed by atoms with Crippen molar-refractivity contribution >= 4 is 29.2 Å². The predicted octanol–water partition coefficient (Wildman–Crippen LogP) is 3.55. The minimum atomic E-state index is -1.06. The number of hydrogen-bond acceptors (Lipinski definition) is 8. The number of rotatable bonds is 12. The Morgan fingerprint density at radius 1 is 1.12 bits per heavy atom. The van der Waals surface area contributed by atoms with E-state index in [1.165, 1.54) is 34.5 Å². The Bertz CT molecular complexity index is 1420. The molecule has 11 heteroatoms. The normalized spacial score (nSPS) is 13.5. The van der Waals surface area contributed by atoms with Gasteiger partial charge in [-0.2, -0.15) is 0 Å². The van der Waals surface area contributed by atoms with E-state index < -0.39 is 18.0 Å². The average Bonchev–Trinajstić information content (AvgIpc) is 3.33. The molecule has 0 bridgehead atoms. The summed E-state index contributed by atoms with van der Waals surface area (Å²) in [6.45, 7) is 6.83. The number of aromatic nitrogens is 3. The van der Waals surface area contributed by atoms with Crippen molar-refractivity contribution in [1.29, 1.82) is 0 Å². The number of nitrogens with zero attached hydrogens (tertiary/aromatic N) is 6. The maximum Gasteiger partial charge on any atom is 0.409 e. The maximum absolute atomic E-state index is 13.4. The van der Waals surface area contributed by atoms with Gasteiger partial charge in [0.05, 0.1) is 17.9 Å². The van der Waals surface area contributed by atoms with Crippen LogP contribution in [0.5, 0.6) is 0 Å². The summed E-state index contributed by atoms with van der Waals surface area (Å²) in [6.07, 6.45) is 7.20. The Morgan fingerprint density at radius 2 is 1.86 bits per heavy atom. The van der Waals surface area contributed by atoms with E-state index in [1.807, 2.05) is 0 Å². The number of hydrogen-bond donors (Lipinski definition) is 0. The second kappa shape index (κ2) is 14.2. The van der Waals surface area contributed by atoms with Crippen LogP contribution < -0.4 is 5.56 Å². The smallest absolute Gasteiger partial charge is 0.409 e. The standard InChI is InChI=1S/C31H42N6O5/c1-31(2,3)15-14-23-28-24(33-20-32-23)18-22(34-28)19-37-16-10-11-21(29(37)40)17-25(38)26(42-30(41)36(6)7)12-8-9-13-27(39)35(4)5/h9-11,13,16,20,26H,8,12,14-15,17-19H2,1-7H3/b13-9+/t26-/m0/s1. The molecule has 42 heavy (non-hydrogen) atoms. The van der Waals surface area contributed by atoms with Gasteiger partial charge in [-0.25, -0.2) is 14.8 Å². The molecule has 0 aliphatic carbocycles. The molecular formula is C31H42N6O5. The van der Waals surface area contributed by atoms with Crippen LogP contribution in [0.25, 0.3) is 0 Å². The molecule has 2 amide bonds. The average molecular weight is 579 g/mol. The lowest BCUT2D eigenvalue weighted by molar-refractivity contribution is -0.127. The molecule has 0 unspecified atom stereocenters. The topological polar surface area (TPSA) is 127 Å². The van der Waals surface area contributed by atoms with Crippen LogP contribution in [0.2, 0.25) is 0 Å². The van der Waals surface area contributed by atoms with Gasteiger partial charge in [-0.15, -0.1) is 0 Å². The number of ether oxygens (including phenoxy) is 1. The molecule has 2 aromatic heterocycles. The van der Waals surface area contributed by atoms with E-state index in [9.17, 15) is 19.2 Å². The number of Topliss-reactive ketones (excluding diaryl/α,β-unsaturated/α-hetero) is 1. The molecule has 0 saturated carbocycles. The Labute approximate surface area is 247 Å². The quantitative estimate of drug-likeness (QED) is 0.353. The van der Waals surface area contributed by atoms with Crippen molar-refractivity contribution in [1.82, 2.24) is 24.3 Å². The van der Waals surface area contributed by atoms with Crippen LogP contribution >= 0.6 is 0 Å². The highest BCUT2D eigenvalue weighted by Gasteiger charge is 2.25. The lowest BCUT2D eigenvalue weighted by Crippen LogP contribution is -2.35. The number of amides is 2. The summed E-state index contributed by atoms with van der Waals surface area (Å²) in [5.74, 6) is -0.576. The summed E-state index contributed by atoms with van der Waals surface area (Å²) in [5.41, 5.74) is 3.52. The molecule has 3 heterocycles. The van der Waals surface area contributed by atoms with Crippen LogP contribution in [0.4, 0.5) is 10.5 Å². The molecule has 0 saturated heterocycles. The molecule has 0 aromatic carbocycles. The number of carbonyl (C=O) groups excluding carboxylic acids is 3. The zero-order chi connectivity index (χ0) is 31.0. The first-order valence-electron chi connectivity index (χ1n) is 14.1. The van der Waals surface area contributed by atoms with Gasteiger partial charge in [0, 0.05) is 58.5 Å². The van der Waals surface area contributed by atoms with Gasteiger partial charge in [-0.05, 0) is 43.2 Å². The van der Waals surface area contributed by atoms with Gasteiger partial charge >= 0.3 is 6.09 Å². The van der Waals surface area contributed by atoms with E-state index in [2.05, 4.69) is 30.7 Å². The summed E-state index contributed by atoms with van der Waals surface area (Å²) in [4.78, 5) is 67.0. The fourth-order valence-corrected chi connectivity index (χ4v) is 4.31. The number of aliphatic imine (C=N–C) groups is 1. The zero-order valence-electron chi connectivity index (χ0n) is 25.7. The molecule has 11 nitrogen and oxygen atoms in total.